The minimum absolute atomic E-state index is 0.127. The number of hydrogen-bond donors (Lipinski definition) is 1. The molecule has 0 unspecified atom stereocenters. The van der Waals surface area contributed by atoms with Gasteiger partial charge in [-0.15, -0.1) is 0 Å². The quantitative estimate of drug-likeness (QED) is 0.559. The molecule has 1 aromatic carbocycles. The maximum absolute atomic E-state index is 11.2. The molecule has 0 bridgehead atoms. The molecule has 0 saturated heterocycles. The van der Waals surface area contributed by atoms with Gasteiger partial charge in [-0.1, -0.05) is 19.4 Å². The molecule has 0 aromatic heterocycles. The van der Waals surface area contributed by atoms with Gasteiger partial charge in [-0.05, 0) is 36.6 Å². The Labute approximate surface area is 125 Å². The minimum Gasteiger partial charge on any atom is -0.493 e. The monoisotopic (exact) mass is 294 g/mol. The summed E-state index contributed by atoms with van der Waals surface area (Å²) in [6.45, 7) is 2.16. The second-order valence-corrected chi connectivity index (χ2v) is 4.54. The van der Waals surface area contributed by atoms with Crippen LogP contribution in [0.3, 0.4) is 0 Å². The van der Waals surface area contributed by atoms with Crippen molar-refractivity contribution in [1.82, 2.24) is 0 Å². The number of methoxy groups -OCH3 is 2. The molecule has 0 aliphatic carbocycles. The summed E-state index contributed by atoms with van der Waals surface area (Å²) in [6, 6.07) is 5.28. The SMILES string of the molecule is CCCC/C(=C\c1ccc(OCOC)c(OC)c1)C(=O)O. The molecular weight excluding hydrogens is 272 g/mol. The van der Waals surface area contributed by atoms with Crippen LogP contribution in [0.2, 0.25) is 0 Å². The molecule has 0 fully saturated rings. The van der Waals surface area contributed by atoms with Crippen LogP contribution in [0.5, 0.6) is 11.5 Å². The number of hydrogen-bond acceptors (Lipinski definition) is 4. The first kappa shape index (κ1) is 17.0. The number of carbonyl (C=O) groups is 1. The second-order valence-electron chi connectivity index (χ2n) is 4.54. The first-order chi connectivity index (χ1) is 10.1. The Morgan fingerprint density at radius 2 is 2.05 bits per heavy atom. The van der Waals surface area contributed by atoms with E-state index in [1.54, 1.807) is 24.3 Å². The zero-order chi connectivity index (χ0) is 15.7. The van der Waals surface area contributed by atoms with Gasteiger partial charge in [-0.25, -0.2) is 4.79 Å². The summed E-state index contributed by atoms with van der Waals surface area (Å²) in [4.78, 5) is 11.2. The lowest BCUT2D eigenvalue weighted by Crippen LogP contribution is -2.02. The summed E-state index contributed by atoms with van der Waals surface area (Å²) in [5, 5.41) is 9.22. The molecule has 1 rings (SSSR count). The van der Waals surface area contributed by atoms with Crippen LogP contribution in [0.15, 0.2) is 23.8 Å². The van der Waals surface area contributed by atoms with Crippen molar-refractivity contribution in [1.29, 1.82) is 0 Å². The Morgan fingerprint density at radius 1 is 1.29 bits per heavy atom. The third-order valence-corrected chi connectivity index (χ3v) is 2.94. The van der Waals surface area contributed by atoms with E-state index in [9.17, 15) is 9.90 Å². The zero-order valence-electron chi connectivity index (χ0n) is 12.7. The molecule has 1 N–H and O–H groups in total. The Kier molecular flexibility index (Phi) is 7.32. The number of carboxylic acids is 1. The summed E-state index contributed by atoms with van der Waals surface area (Å²) in [5.74, 6) is 0.213. The molecule has 0 radical (unpaired) electrons. The van der Waals surface area contributed by atoms with Crippen molar-refractivity contribution in [3.05, 3.63) is 29.3 Å². The van der Waals surface area contributed by atoms with Crippen molar-refractivity contribution in [3.63, 3.8) is 0 Å². The van der Waals surface area contributed by atoms with Gasteiger partial charge >= 0.3 is 5.97 Å². The lowest BCUT2D eigenvalue weighted by atomic mass is 10.0. The fourth-order valence-corrected chi connectivity index (χ4v) is 1.82. The molecule has 0 amide bonds. The first-order valence-electron chi connectivity index (χ1n) is 6.86. The van der Waals surface area contributed by atoms with Gasteiger partial charge in [0.1, 0.15) is 0 Å². The van der Waals surface area contributed by atoms with Crippen molar-refractivity contribution in [2.24, 2.45) is 0 Å². The van der Waals surface area contributed by atoms with Crippen molar-refractivity contribution in [2.75, 3.05) is 21.0 Å². The molecule has 0 saturated carbocycles. The normalized spacial score (nSPS) is 11.3. The van der Waals surface area contributed by atoms with E-state index in [0.717, 1.165) is 18.4 Å². The average molecular weight is 294 g/mol. The topological polar surface area (TPSA) is 65.0 Å². The molecule has 0 spiro atoms. The van der Waals surface area contributed by atoms with Crippen LogP contribution in [0, 0.1) is 0 Å². The predicted octanol–water partition coefficient (Wildman–Crippen LogP) is 3.34. The minimum atomic E-state index is -0.887. The third kappa shape index (κ3) is 5.47. The predicted molar refractivity (Wildman–Crippen MR) is 80.6 cm³/mol. The fourth-order valence-electron chi connectivity index (χ4n) is 1.82. The summed E-state index contributed by atoms with van der Waals surface area (Å²) in [7, 11) is 3.08. The van der Waals surface area contributed by atoms with Gasteiger partial charge in [0.05, 0.1) is 7.11 Å². The number of rotatable bonds is 9. The Morgan fingerprint density at radius 3 is 2.62 bits per heavy atom. The molecule has 0 aliphatic rings. The van der Waals surface area contributed by atoms with Gasteiger partial charge in [-0.2, -0.15) is 0 Å². The molecule has 5 nitrogen and oxygen atoms in total. The average Bonchev–Trinajstić information content (AvgIpc) is 2.49. The summed E-state index contributed by atoms with van der Waals surface area (Å²) >= 11 is 0. The standard InChI is InChI=1S/C16H22O5/c1-4-5-6-13(16(17)18)9-12-7-8-14(21-11-19-2)15(10-12)20-3/h7-10H,4-6,11H2,1-3H3,(H,17,18)/b13-9+. The third-order valence-electron chi connectivity index (χ3n) is 2.94. The van der Waals surface area contributed by atoms with Crippen LogP contribution >= 0.6 is 0 Å². The van der Waals surface area contributed by atoms with Gasteiger partial charge in [0.25, 0.3) is 0 Å². The van der Waals surface area contributed by atoms with Gasteiger partial charge in [0.15, 0.2) is 18.3 Å². The van der Waals surface area contributed by atoms with E-state index in [2.05, 4.69) is 0 Å². The van der Waals surface area contributed by atoms with Gasteiger partial charge in [-0.3, -0.25) is 0 Å². The Balaban J connectivity index is 2.98. The number of ether oxygens (including phenoxy) is 3. The van der Waals surface area contributed by atoms with Crippen LogP contribution in [-0.4, -0.2) is 32.1 Å². The van der Waals surface area contributed by atoms with Gasteiger partial charge in [0.2, 0.25) is 0 Å². The van der Waals surface area contributed by atoms with Crippen LogP contribution in [0.25, 0.3) is 6.08 Å². The number of aliphatic carboxylic acids is 1. The van der Waals surface area contributed by atoms with Crippen molar-refractivity contribution in [3.8, 4) is 11.5 Å². The molecule has 1 aromatic rings. The largest absolute Gasteiger partial charge is 0.493 e. The molecule has 0 atom stereocenters. The number of unbranched alkanes of at least 4 members (excludes halogenated alkanes) is 1. The molecular formula is C16H22O5. The lowest BCUT2D eigenvalue weighted by Gasteiger charge is -2.10. The smallest absolute Gasteiger partial charge is 0.331 e. The van der Waals surface area contributed by atoms with Crippen LogP contribution in [-0.2, 0) is 9.53 Å². The maximum Gasteiger partial charge on any atom is 0.331 e. The van der Waals surface area contributed by atoms with Gasteiger partial charge < -0.3 is 19.3 Å². The summed E-state index contributed by atoms with van der Waals surface area (Å²) in [5.41, 5.74) is 1.16. The number of carboxylic acid groups (broad SMARTS) is 1. The highest BCUT2D eigenvalue weighted by Gasteiger charge is 2.09. The fraction of sp³-hybridized carbons (Fsp3) is 0.438. The Bertz CT molecular complexity index is 493. The highest BCUT2D eigenvalue weighted by atomic mass is 16.7. The summed E-state index contributed by atoms with van der Waals surface area (Å²) in [6.07, 6.45) is 4.03. The van der Waals surface area contributed by atoms with Gasteiger partial charge in [0, 0.05) is 12.7 Å². The highest BCUT2D eigenvalue weighted by molar-refractivity contribution is 5.92. The lowest BCUT2D eigenvalue weighted by molar-refractivity contribution is -0.132. The highest BCUT2D eigenvalue weighted by Crippen LogP contribution is 2.29. The molecule has 116 valence electrons. The van der Waals surface area contributed by atoms with Crippen molar-refractivity contribution >= 4 is 12.0 Å². The zero-order valence-corrected chi connectivity index (χ0v) is 12.7. The van der Waals surface area contributed by atoms with E-state index in [0.29, 0.717) is 23.5 Å². The number of benzene rings is 1. The van der Waals surface area contributed by atoms with Crippen LogP contribution in [0.1, 0.15) is 31.7 Å². The Hall–Kier alpha value is -2.01. The maximum atomic E-state index is 11.2. The van der Waals surface area contributed by atoms with E-state index in [1.165, 1.54) is 14.2 Å². The summed E-state index contributed by atoms with van der Waals surface area (Å²) < 4.78 is 15.5. The second kappa shape index (κ2) is 9.02. The van der Waals surface area contributed by atoms with E-state index in [-0.39, 0.29) is 6.79 Å². The van der Waals surface area contributed by atoms with Crippen LogP contribution < -0.4 is 9.47 Å². The molecule has 5 heteroatoms. The van der Waals surface area contributed by atoms with E-state index < -0.39 is 5.97 Å². The van der Waals surface area contributed by atoms with Crippen molar-refractivity contribution in [2.45, 2.75) is 26.2 Å². The van der Waals surface area contributed by atoms with E-state index >= 15 is 0 Å². The van der Waals surface area contributed by atoms with E-state index in [4.69, 9.17) is 14.2 Å². The molecule has 21 heavy (non-hydrogen) atoms. The van der Waals surface area contributed by atoms with Crippen LogP contribution in [0.4, 0.5) is 0 Å². The first-order valence-corrected chi connectivity index (χ1v) is 6.86. The molecule has 0 heterocycles. The van der Waals surface area contributed by atoms with E-state index in [1.807, 2.05) is 6.92 Å². The molecule has 0 aliphatic heterocycles. The van der Waals surface area contributed by atoms with Crippen molar-refractivity contribution < 1.29 is 24.1 Å².